The fourth-order valence-electron chi connectivity index (χ4n) is 3.33. The normalized spacial score (nSPS) is 18.7. The molecule has 31 heavy (non-hydrogen) atoms. The van der Waals surface area contributed by atoms with Crippen molar-refractivity contribution in [3.8, 4) is 0 Å². The first-order valence-electron chi connectivity index (χ1n) is 9.30. The maximum atomic E-state index is 13.2. The molecule has 0 saturated heterocycles. The van der Waals surface area contributed by atoms with Gasteiger partial charge in [0, 0.05) is 4.47 Å². The van der Waals surface area contributed by atoms with E-state index in [4.69, 9.17) is 13.6 Å². The number of ketones is 1. The summed E-state index contributed by atoms with van der Waals surface area (Å²) in [4.78, 5) is 24.5. The summed E-state index contributed by atoms with van der Waals surface area (Å²) in [6, 6.07) is 13.9. The number of allylic oxidation sites excluding steroid dienone is 2. The Morgan fingerprint density at radius 2 is 1.71 bits per heavy atom. The van der Waals surface area contributed by atoms with Crippen molar-refractivity contribution in [3.05, 3.63) is 116 Å². The minimum absolute atomic E-state index is 0.122. The molecule has 2 aromatic heterocycles. The van der Waals surface area contributed by atoms with Crippen LogP contribution in [0.2, 0.25) is 0 Å². The van der Waals surface area contributed by atoms with E-state index in [9.17, 15) is 14.9 Å². The summed E-state index contributed by atoms with van der Waals surface area (Å²) in [6.07, 6.45) is 7.51. The molecule has 2 unspecified atom stereocenters. The zero-order valence-electron chi connectivity index (χ0n) is 16.0. The van der Waals surface area contributed by atoms with Crippen LogP contribution in [0.15, 0.2) is 97.8 Å². The van der Waals surface area contributed by atoms with E-state index >= 15 is 0 Å². The van der Waals surface area contributed by atoms with Crippen LogP contribution in [-0.2, 0) is 9.53 Å². The molecule has 1 aromatic carbocycles. The van der Waals surface area contributed by atoms with Gasteiger partial charge in [0.25, 0.3) is 0 Å². The third kappa shape index (κ3) is 4.59. The zero-order chi connectivity index (χ0) is 21.8. The number of ether oxygens (including phenoxy) is 1. The molecule has 0 aliphatic carbocycles. The van der Waals surface area contributed by atoms with E-state index in [0.29, 0.717) is 17.1 Å². The van der Waals surface area contributed by atoms with Gasteiger partial charge < -0.3 is 13.6 Å². The molecule has 7 nitrogen and oxygen atoms in total. The Kier molecular flexibility index (Phi) is 5.99. The van der Waals surface area contributed by atoms with Crippen LogP contribution in [0.1, 0.15) is 23.0 Å². The smallest absolute Gasteiger partial charge is 0.365 e. The zero-order valence-corrected chi connectivity index (χ0v) is 17.6. The largest absolute Gasteiger partial charge is 0.465 e. The van der Waals surface area contributed by atoms with Crippen molar-refractivity contribution in [2.24, 2.45) is 0 Å². The third-order valence-corrected chi connectivity index (χ3v) is 5.17. The highest BCUT2D eigenvalue weighted by Gasteiger charge is 2.47. The highest BCUT2D eigenvalue weighted by Crippen LogP contribution is 2.41. The molecule has 4 rings (SSSR count). The Morgan fingerprint density at radius 1 is 1.00 bits per heavy atom. The number of furan rings is 2. The van der Waals surface area contributed by atoms with Gasteiger partial charge in [0.1, 0.15) is 23.2 Å². The Labute approximate surface area is 185 Å². The van der Waals surface area contributed by atoms with Crippen molar-refractivity contribution in [1.82, 2.24) is 0 Å². The molecule has 0 radical (unpaired) electrons. The van der Waals surface area contributed by atoms with E-state index in [1.54, 1.807) is 54.6 Å². The SMILES string of the molecule is O=C(/C=C/c1ccco1)C1=C(/C=C/c2ccco2)OC([N+](=O)[O-])C1c1cccc(Br)c1. The minimum atomic E-state index is -1.44. The van der Waals surface area contributed by atoms with E-state index in [1.165, 1.54) is 30.8 Å². The fourth-order valence-corrected chi connectivity index (χ4v) is 3.75. The van der Waals surface area contributed by atoms with Gasteiger partial charge in [-0.2, -0.15) is 0 Å². The molecular formula is C23H16BrNO6. The van der Waals surface area contributed by atoms with Crippen LogP contribution in [0, 0.1) is 10.1 Å². The number of halogens is 1. The third-order valence-electron chi connectivity index (χ3n) is 4.67. The van der Waals surface area contributed by atoms with Gasteiger partial charge in [-0.1, -0.05) is 28.1 Å². The average molecular weight is 482 g/mol. The lowest BCUT2D eigenvalue weighted by molar-refractivity contribution is -0.570. The van der Waals surface area contributed by atoms with Crippen molar-refractivity contribution in [2.45, 2.75) is 12.1 Å². The van der Waals surface area contributed by atoms with Crippen LogP contribution < -0.4 is 0 Å². The predicted molar refractivity (Wildman–Crippen MR) is 116 cm³/mol. The van der Waals surface area contributed by atoms with E-state index in [-0.39, 0.29) is 11.3 Å². The van der Waals surface area contributed by atoms with Crippen molar-refractivity contribution in [3.63, 3.8) is 0 Å². The lowest BCUT2D eigenvalue weighted by Gasteiger charge is -2.14. The van der Waals surface area contributed by atoms with Crippen molar-refractivity contribution in [2.75, 3.05) is 0 Å². The van der Waals surface area contributed by atoms with E-state index in [2.05, 4.69) is 15.9 Å². The van der Waals surface area contributed by atoms with Gasteiger partial charge in [0.2, 0.25) is 0 Å². The van der Waals surface area contributed by atoms with Gasteiger partial charge in [-0.05, 0) is 66.3 Å². The number of carbonyl (C=O) groups excluding carboxylic acids is 1. The van der Waals surface area contributed by atoms with Crippen molar-refractivity contribution >= 4 is 33.9 Å². The number of hydrogen-bond donors (Lipinski definition) is 0. The number of carbonyl (C=O) groups is 1. The average Bonchev–Trinajstić information content (AvgIpc) is 3.51. The van der Waals surface area contributed by atoms with Gasteiger partial charge in [-0.3, -0.25) is 14.9 Å². The highest BCUT2D eigenvalue weighted by molar-refractivity contribution is 9.10. The predicted octanol–water partition coefficient (Wildman–Crippen LogP) is 5.60. The number of benzene rings is 1. The van der Waals surface area contributed by atoms with Gasteiger partial charge in [-0.25, -0.2) is 0 Å². The summed E-state index contributed by atoms with van der Waals surface area (Å²) in [5, 5.41) is 11.8. The van der Waals surface area contributed by atoms with Crippen LogP contribution in [0.5, 0.6) is 0 Å². The molecule has 0 fully saturated rings. The summed E-state index contributed by atoms with van der Waals surface area (Å²) < 4.78 is 16.9. The Balaban J connectivity index is 1.79. The molecule has 1 aliphatic rings. The second-order valence-electron chi connectivity index (χ2n) is 6.67. The maximum Gasteiger partial charge on any atom is 0.365 e. The molecule has 3 heterocycles. The summed E-state index contributed by atoms with van der Waals surface area (Å²) >= 11 is 3.39. The second kappa shape index (κ2) is 9.01. The molecule has 2 atom stereocenters. The molecule has 8 heteroatoms. The first-order valence-corrected chi connectivity index (χ1v) is 10.1. The molecule has 0 bridgehead atoms. The first kappa shape index (κ1) is 20.6. The topological polar surface area (TPSA) is 95.7 Å². The van der Waals surface area contributed by atoms with Crippen LogP contribution in [0.4, 0.5) is 0 Å². The van der Waals surface area contributed by atoms with Gasteiger partial charge in [0.05, 0.1) is 23.0 Å². The maximum absolute atomic E-state index is 13.2. The Morgan fingerprint density at radius 3 is 2.32 bits per heavy atom. The van der Waals surface area contributed by atoms with Crippen LogP contribution in [-0.4, -0.2) is 16.9 Å². The number of nitro groups is 1. The quantitative estimate of drug-likeness (QED) is 0.247. The van der Waals surface area contributed by atoms with Crippen molar-refractivity contribution in [1.29, 1.82) is 0 Å². The molecule has 3 aromatic rings. The summed E-state index contributed by atoms with van der Waals surface area (Å²) in [5.41, 5.74) is 0.776. The second-order valence-corrected chi connectivity index (χ2v) is 7.58. The Hall–Kier alpha value is -3.65. The lowest BCUT2D eigenvalue weighted by atomic mass is 9.87. The fraction of sp³-hybridized carbons (Fsp3) is 0.0870. The van der Waals surface area contributed by atoms with E-state index < -0.39 is 22.9 Å². The molecule has 0 spiro atoms. The van der Waals surface area contributed by atoms with E-state index in [1.807, 2.05) is 0 Å². The highest BCUT2D eigenvalue weighted by atomic mass is 79.9. The molecule has 0 saturated carbocycles. The Bertz CT molecular complexity index is 1170. The van der Waals surface area contributed by atoms with Gasteiger partial charge in [0.15, 0.2) is 5.78 Å². The molecule has 156 valence electrons. The first-order chi connectivity index (χ1) is 15.0. The molecular weight excluding hydrogens is 466 g/mol. The van der Waals surface area contributed by atoms with Crippen LogP contribution in [0.25, 0.3) is 12.2 Å². The van der Waals surface area contributed by atoms with Gasteiger partial charge in [-0.15, -0.1) is 0 Å². The summed E-state index contributed by atoms with van der Waals surface area (Å²) in [6.45, 7) is 0. The lowest BCUT2D eigenvalue weighted by Crippen LogP contribution is -2.27. The van der Waals surface area contributed by atoms with Crippen LogP contribution in [0.3, 0.4) is 0 Å². The number of hydrogen-bond acceptors (Lipinski definition) is 6. The number of nitrogens with zero attached hydrogens (tertiary/aromatic N) is 1. The molecule has 0 N–H and O–H groups in total. The summed E-state index contributed by atoms with van der Waals surface area (Å²) in [7, 11) is 0. The van der Waals surface area contributed by atoms with Crippen LogP contribution >= 0.6 is 15.9 Å². The minimum Gasteiger partial charge on any atom is -0.465 e. The molecule has 0 amide bonds. The van der Waals surface area contributed by atoms with E-state index in [0.717, 1.165) is 4.47 Å². The van der Waals surface area contributed by atoms with Crippen molar-refractivity contribution < 1.29 is 23.3 Å². The molecule has 1 aliphatic heterocycles. The monoisotopic (exact) mass is 481 g/mol. The number of rotatable bonds is 7. The standard InChI is InChI=1S/C23H16BrNO6/c24-16-5-1-4-15(14-16)21-22(19(26)10-8-17-6-2-12-29-17)20(31-23(21)25(27)28)11-9-18-7-3-13-30-18/h1-14,21,23H/b10-8+,11-9+. The summed E-state index contributed by atoms with van der Waals surface area (Å²) in [5.74, 6) is -0.164. The van der Waals surface area contributed by atoms with Gasteiger partial charge >= 0.3 is 6.23 Å².